The van der Waals surface area contributed by atoms with Gasteiger partial charge in [-0.2, -0.15) is 0 Å². The fourth-order valence-corrected chi connectivity index (χ4v) is 3.17. The zero-order valence-corrected chi connectivity index (χ0v) is 11.3. The van der Waals surface area contributed by atoms with E-state index in [1.54, 1.807) is 0 Å². The summed E-state index contributed by atoms with van der Waals surface area (Å²) in [5.74, 6) is 0.483. The second-order valence-electron chi connectivity index (χ2n) is 6.48. The first-order valence-electron chi connectivity index (χ1n) is 6.56. The topological polar surface area (TPSA) is 55.6 Å². The lowest BCUT2D eigenvalue weighted by Gasteiger charge is -2.42. The molecule has 4 nitrogen and oxygen atoms in total. The van der Waals surface area contributed by atoms with Crippen molar-refractivity contribution in [2.75, 3.05) is 0 Å². The number of carbonyl (C=O) groups excluding carboxylic acids is 1. The van der Waals surface area contributed by atoms with Crippen LogP contribution in [-0.4, -0.2) is 34.7 Å². The van der Waals surface area contributed by atoms with Crippen molar-refractivity contribution in [3.05, 3.63) is 0 Å². The first kappa shape index (κ1) is 12.7. The Bertz CT molecular complexity index is 295. The van der Waals surface area contributed by atoms with Gasteiger partial charge in [-0.05, 0) is 46.0 Å². The summed E-state index contributed by atoms with van der Waals surface area (Å²) < 4.78 is 5.49. The van der Waals surface area contributed by atoms with E-state index in [4.69, 9.17) is 10.5 Å². The van der Waals surface area contributed by atoms with E-state index in [1.165, 1.54) is 0 Å². The second kappa shape index (κ2) is 4.16. The van der Waals surface area contributed by atoms with Crippen molar-refractivity contribution >= 4 is 6.09 Å². The number of nitrogens with two attached hydrogens (primary N) is 1. The van der Waals surface area contributed by atoms with E-state index < -0.39 is 5.60 Å². The van der Waals surface area contributed by atoms with E-state index in [0.717, 1.165) is 19.3 Å². The molecule has 2 aliphatic heterocycles. The molecular formula is C13H24N2O2. The quantitative estimate of drug-likeness (QED) is 0.705. The molecule has 98 valence electrons. The van der Waals surface area contributed by atoms with Crippen molar-refractivity contribution in [3.8, 4) is 0 Å². The Morgan fingerprint density at radius 1 is 1.29 bits per heavy atom. The van der Waals surface area contributed by atoms with Crippen LogP contribution < -0.4 is 5.73 Å². The molecule has 0 radical (unpaired) electrons. The van der Waals surface area contributed by atoms with Crippen LogP contribution in [-0.2, 0) is 4.74 Å². The van der Waals surface area contributed by atoms with Crippen LogP contribution in [0.5, 0.6) is 0 Å². The predicted octanol–water partition coefficient (Wildman–Crippen LogP) is 2.12. The number of nitrogens with zero attached hydrogens (tertiary/aromatic N) is 1. The van der Waals surface area contributed by atoms with Gasteiger partial charge >= 0.3 is 6.09 Å². The van der Waals surface area contributed by atoms with E-state index in [2.05, 4.69) is 6.92 Å². The summed E-state index contributed by atoms with van der Waals surface area (Å²) in [6.07, 6.45) is 2.93. The highest BCUT2D eigenvalue weighted by Crippen LogP contribution is 2.39. The lowest BCUT2D eigenvalue weighted by atomic mass is 9.89. The zero-order chi connectivity index (χ0) is 12.8. The highest BCUT2D eigenvalue weighted by molar-refractivity contribution is 5.70. The normalized spacial score (nSPS) is 37.1. The summed E-state index contributed by atoms with van der Waals surface area (Å²) >= 11 is 0. The molecule has 2 aliphatic rings. The Labute approximate surface area is 103 Å². The van der Waals surface area contributed by atoms with E-state index >= 15 is 0 Å². The molecule has 0 aliphatic carbocycles. The molecule has 0 aromatic heterocycles. The smallest absolute Gasteiger partial charge is 0.410 e. The number of ether oxygens (including phenoxy) is 1. The molecule has 2 saturated heterocycles. The molecule has 17 heavy (non-hydrogen) atoms. The molecular weight excluding hydrogens is 216 g/mol. The van der Waals surface area contributed by atoms with E-state index in [1.807, 2.05) is 25.7 Å². The summed E-state index contributed by atoms with van der Waals surface area (Å²) in [6.45, 7) is 7.89. The van der Waals surface area contributed by atoms with Crippen molar-refractivity contribution in [1.29, 1.82) is 0 Å². The first-order chi connectivity index (χ1) is 7.79. The highest BCUT2D eigenvalue weighted by Gasteiger charge is 2.48. The second-order valence-corrected chi connectivity index (χ2v) is 6.48. The van der Waals surface area contributed by atoms with Crippen LogP contribution in [0.2, 0.25) is 0 Å². The molecule has 2 bridgehead atoms. The summed E-state index contributed by atoms with van der Waals surface area (Å²) in [7, 11) is 0. The largest absolute Gasteiger partial charge is 0.444 e. The number of piperidine rings is 1. The van der Waals surface area contributed by atoms with E-state index in [9.17, 15) is 4.79 Å². The first-order valence-corrected chi connectivity index (χ1v) is 6.56. The molecule has 2 N–H and O–H groups in total. The molecule has 0 spiro atoms. The van der Waals surface area contributed by atoms with Gasteiger partial charge in [0.15, 0.2) is 0 Å². The predicted molar refractivity (Wildman–Crippen MR) is 66.6 cm³/mol. The van der Waals surface area contributed by atoms with Gasteiger partial charge in [-0.1, -0.05) is 6.92 Å². The third-order valence-electron chi connectivity index (χ3n) is 3.87. The standard InChI is InChI=1S/C13H24N2O2/c1-8-7-9(14)11-6-5-10(8)15(11)12(16)17-13(2,3)4/h8-11H,5-7,14H2,1-4H3. The van der Waals surface area contributed by atoms with Crippen LogP contribution in [0.15, 0.2) is 0 Å². The fraction of sp³-hybridized carbons (Fsp3) is 0.923. The summed E-state index contributed by atoms with van der Waals surface area (Å²) in [4.78, 5) is 14.1. The van der Waals surface area contributed by atoms with E-state index in [0.29, 0.717) is 12.0 Å². The molecule has 1 amide bonds. The number of amides is 1. The Kier molecular flexibility index (Phi) is 3.10. The third kappa shape index (κ3) is 2.41. The molecule has 2 fully saturated rings. The number of hydrogen-bond acceptors (Lipinski definition) is 3. The summed E-state index contributed by atoms with van der Waals surface area (Å²) in [5, 5.41) is 0. The minimum atomic E-state index is -0.429. The monoisotopic (exact) mass is 240 g/mol. The van der Waals surface area contributed by atoms with Gasteiger partial charge in [0.25, 0.3) is 0 Å². The Hall–Kier alpha value is -0.770. The number of hydrogen-bond donors (Lipinski definition) is 1. The molecule has 4 heteroatoms. The van der Waals surface area contributed by atoms with Crippen molar-refractivity contribution in [1.82, 2.24) is 4.90 Å². The molecule has 4 unspecified atom stereocenters. The summed E-state index contributed by atoms with van der Waals surface area (Å²) in [5.41, 5.74) is 5.72. The van der Waals surface area contributed by atoms with Crippen molar-refractivity contribution in [2.45, 2.75) is 70.7 Å². The average molecular weight is 240 g/mol. The maximum Gasteiger partial charge on any atom is 0.410 e. The lowest BCUT2D eigenvalue weighted by Crippen LogP contribution is -2.57. The van der Waals surface area contributed by atoms with Gasteiger partial charge in [-0.3, -0.25) is 0 Å². The minimum absolute atomic E-state index is 0.108. The molecule has 2 rings (SSSR count). The van der Waals surface area contributed by atoms with Gasteiger partial charge in [0, 0.05) is 12.1 Å². The number of fused-ring (bicyclic) bond motifs is 2. The third-order valence-corrected chi connectivity index (χ3v) is 3.87. The molecule has 0 aromatic rings. The average Bonchev–Trinajstić information content (AvgIpc) is 2.52. The minimum Gasteiger partial charge on any atom is -0.444 e. The van der Waals surface area contributed by atoms with Gasteiger partial charge in [-0.25, -0.2) is 4.79 Å². The van der Waals surface area contributed by atoms with Crippen LogP contribution in [0.4, 0.5) is 4.79 Å². The maximum atomic E-state index is 12.2. The highest BCUT2D eigenvalue weighted by atomic mass is 16.6. The Morgan fingerprint density at radius 3 is 2.47 bits per heavy atom. The Morgan fingerprint density at radius 2 is 1.88 bits per heavy atom. The van der Waals surface area contributed by atoms with Gasteiger partial charge < -0.3 is 15.4 Å². The molecule has 0 aromatic carbocycles. The van der Waals surface area contributed by atoms with E-state index in [-0.39, 0.29) is 18.2 Å². The molecule has 4 atom stereocenters. The number of rotatable bonds is 0. The van der Waals surface area contributed by atoms with Crippen molar-refractivity contribution in [2.24, 2.45) is 11.7 Å². The van der Waals surface area contributed by atoms with Crippen LogP contribution in [0.25, 0.3) is 0 Å². The van der Waals surface area contributed by atoms with Crippen LogP contribution in [0.3, 0.4) is 0 Å². The summed E-state index contributed by atoms with van der Waals surface area (Å²) in [6, 6.07) is 0.622. The fourth-order valence-electron chi connectivity index (χ4n) is 3.17. The van der Waals surface area contributed by atoms with Crippen molar-refractivity contribution in [3.63, 3.8) is 0 Å². The van der Waals surface area contributed by atoms with Crippen LogP contribution >= 0.6 is 0 Å². The molecule has 2 heterocycles. The Balaban J connectivity index is 2.13. The molecule has 0 saturated carbocycles. The van der Waals surface area contributed by atoms with Crippen LogP contribution in [0, 0.1) is 5.92 Å². The van der Waals surface area contributed by atoms with Gasteiger partial charge in [0.1, 0.15) is 5.60 Å². The van der Waals surface area contributed by atoms with Crippen LogP contribution in [0.1, 0.15) is 47.0 Å². The SMILES string of the molecule is CC1CC(N)C2CCC1N2C(=O)OC(C)(C)C. The maximum absolute atomic E-state index is 12.2. The lowest BCUT2D eigenvalue weighted by molar-refractivity contribution is -0.00336. The zero-order valence-electron chi connectivity index (χ0n) is 11.3. The van der Waals surface area contributed by atoms with Crippen molar-refractivity contribution < 1.29 is 9.53 Å². The van der Waals surface area contributed by atoms with Gasteiger partial charge in [0.05, 0.1) is 6.04 Å². The number of carbonyl (C=O) groups is 1. The van der Waals surface area contributed by atoms with Gasteiger partial charge in [0.2, 0.25) is 0 Å². The van der Waals surface area contributed by atoms with Gasteiger partial charge in [-0.15, -0.1) is 0 Å².